The number of benzene rings is 2. The van der Waals surface area contributed by atoms with Crippen LogP contribution in [0.4, 0.5) is 11.4 Å². The van der Waals surface area contributed by atoms with Gasteiger partial charge in [0, 0.05) is 12.1 Å². The molecule has 1 amide bonds. The molecular weight excluding hydrogens is 497 g/mol. The van der Waals surface area contributed by atoms with Crippen molar-refractivity contribution in [3.05, 3.63) is 34.3 Å². The third-order valence-electron chi connectivity index (χ3n) is 4.42. The average molecular weight is 526 g/mol. The van der Waals surface area contributed by atoms with E-state index in [4.69, 9.17) is 42.1 Å². The van der Waals surface area contributed by atoms with Gasteiger partial charge in [0.15, 0.2) is 17.3 Å². The summed E-state index contributed by atoms with van der Waals surface area (Å²) < 4.78 is 22.3. The monoisotopic (exact) mass is 525 g/mol. The first kappa shape index (κ1) is 28.2. The third-order valence-corrected chi connectivity index (χ3v) is 5.00. The Morgan fingerprint density at radius 1 is 0.886 bits per heavy atom. The van der Waals surface area contributed by atoms with E-state index in [2.05, 4.69) is 15.5 Å². The van der Waals surface area contributed by atoms with Gasteiger partial charge in [0.25, 0.3) is 5.91 Å². The van der Waals surface area contributed by atoms with E-state index in [-0.39, 0.29) is 32.9 Å². The molecule has 1 unspecified atom stereocenters. The van der Waals surface area contributed by atoms with Crippen LogP contribution < -0.4 is 24.3 Å². The van der Waals surface area contributed by atoms with Crippen LogP contribution in [0.1, 0.15) is 34.6 Å². The molecule has 2 aromatic carbocycles. The van der Waals surface area contributed by atoms with E-state index >= 15 is 0 Å². The van der Waals surface area contributed by atoms with E-state index < -0.39 is 17.7 Å². The highest BCUT2D eigenvalue weighted by Gasteiger charge is 2.27. The second kappa shape index (κ2) is 13.7. The van der Waals surface area contributed by atoms with Crippen molar-refractivity contribution in [1.82, 2.24) is 0 Å². The first-order chi connectivity index (χ1) is 16.8. The van der Waals surface area contributed by atoms with Crippen molar-refractivity contribution in [3.63, 3.8) is 0 Å². The quantitative estimate of drug-likeness (QED) is 0.244. The van der Waals surface area contributed by atoms with Crippen LogP contribution in [0.2, 0.25) is 10.0 Å². The highest BCUT2D eigenvalue weighted by atomic mass is 35.5. The molecule has 190 valence electrons. The maximum absolute atomic E-state index is 13.1. The van der Waals surface area contributed by atoms with Crippen LogP contribution in [0.3, 0.4) is 0 Å². The standard InChI is InChI=1S/C24H29Cl2N3O6/c1-6-32-15-12-17(26)22(34-8-3)18(13-15)28-29-20(14(5)30)24(31)27-21-19(33-7-2)11-10-16(25)23(21)35-9-4/h10-13,20H,6-9H2,1-5H3,(H,27,31). The number of nitrogens with zero attached hydrogens (tertiary/aromatic N) is 2. The zero-order chi connectivity index (χ0) is 26.0. The van der Waals surface area contributed by atoms with Crippen molar-refractivity contribution in [1.29, 1.82) is 0 Å². The smallest absolute Gasteiger partial charge is 0.259 e. The van der Waals surface area contributed by atoms with Crippen molar-refractivity contribution in [3.8, 4) is 23.0 Å². The number of hydrogen-bond acceptors (Lipinski definition) is 8. The summed E-state index contributed by atoms with van der Waals surface area (Å²) in [5.74, 6) is -0.00785. The summed E-state index contributed by atoms with van der Waals surface area (Å²) in [6.07, 6.45) is 0. The van der Waals surface area contributed by atoms with Crippen LogP contribution in [0.5, 0.6) is 23.0 Å². The summed E-state index contributed by atoms with van der Waals surface area (Å²) in [5.41, 5.74) is 0.415. The lowest BCUT2D eigenvalue weighted by Gasteiger charge is -2.18. The number of nitrogens with one attached hydrogen (secondary N) is 1. The van der Waals surface area contributed by atoms with Gasteiger partial charge in [-0.05, 0) is 46.8 Å². The average Bonchev–Trinajstić information content (AvgIpc) is 2.80. The molecule has 1 N–H and O–H groups in total. The maximum atomic E-state index is 13.1. The van der Waals surface area contributed by atoms with Gasteiger partial charge in [-0.3, -0.25) is 9.59 Å². The molecule has 0 aliphatic carbocycles. The number of azo groups is 1. The van der Waals surface area contributed by atoms with E-state index in [0.29, 0.717) is 37.9 Å². The van der Waals surface area contributed by atoms with E-state index in [9.17, 15) is 9.59 Å². The minimum absolute atomic E-state index is 0.198. The van der Waals surface area contributed by atoms with Gasteiger partial charge in [0.05, 0.1) is 36.5 Å². The zero-order valence-electron chi connectivity index (χ0n) is 20.3. The molecule has 0 saturated carbocycles. The van der Waals surface area contributed by atoms with Crippen LogP contribution in [0.25, 0.3) is 0 Å². The zero-order valence-corrected chi connectivity index (χ0v) is 21.8. The number of rotatable bonds is 13. The van der Waals surface area contributed by atoms with E-state index in [0.717, 1.165) is 0 Å². The van der Waals surface area contributed by atoms with Crippen molar-refractivity contribution < 1.29 is 28.5 Å². The van der Waals surface area contributed by atoms with Gasteiger partial charge in [0.2, 0.25) is 6.04 Å². The molecule has 35 heavy (non-hydrogen) atoms. The summed E-state index contributed by atoms with van der Waals surface area (Å²) in [6.45, 7) is 9.78. The summed E-state index contributed by atoms with van der Waals surface area (Å²) in [5, 5.41) is 11.3. The lowest BCUT2D eigenvalue weighted by atomic mass is 10.2. The Hall–Kier alpha value is -3.04. The second-order valence-corrected chi connectivity index (χ2v) is 7.77. The van der Waals surface area contributed by atoms with Crippen LogP contribution in [0, 0.1) is 0 Å². The number of carbonyl (C=O) groups excluding carboxylic acids is 2. The minimum Gasteiger partial charge on any atom is -0.494 e. The number of ether oxygens (including phenoxy) is 4. The fourth-order valence-electron chi connectivity index (χ4n) is 3.01. The number of halogens is 2. The fraction of sp³-hybridized carbons (Fsp3) is 0.417. The molecule has 0 fully saturated rings. The summed E-state index contributed by atoms with van der Waals surface area (Å²) in [7, 11) is 0. The first-order valence-electron chi connectivity index (χ1n) is 11.2. The molecule has 9 nitrogen and oxygen atoms in total. The number of anilines is 1. The predicted molar refractivity (Wildman–Crippen MR) is 135 cm³/mol. The molecule has 0 saturated heterocycles. The van der Waals surface area contributed by atoms with E-state index in [1.54, 1.807) is 45.0 Å². The van der Waals surface area contributed by atoms with Gasteiger partial charge in [0.1, 0.15) is 22.9 Å². The first-order valence-corrected chi connectivity index (χ1v) is 11.9. The topological polar surface area (TPSA) is 108 Å². The Kier molecular flexibility index (Phi) is 11.1. The van der Waals surface area contributed by atoms with Gasteiger partial charge in [-0.2, -0.15) is 10.2 Å². The predicted octanol–water partition coefficient (Wildman–Crippen LogP) is 6.27. The number of hydrogen-bond donors (Lipinski definition) is 1. The largest absolute Gasteiger partial charge is 0.494 e. The van der Waals surface area contributed by atoms with Gasteiger partial charge >= 0.3 is 0 Å². The number of Topliss-reactive ketones (excluding diaryl/α,β-unsaturated/α-hetero) is 1. The van der Waals surface area contributed by atoms with Gasteiger partial charge < -0.3 is 24.3 Å². The van der Waals surface area contributed by atoms with Gasteiger partial charge in [-0.1, -0.05) is 23.2 Å². The Morgan fingerprint density at radius 3 is 2.11 bits per heavy atom. The highest BCUT2D eigenvalue weighted by Crippen LogP contribution is 2.42. The molecular formula is C24H29Cl2N3O6. The molecule has 0 spiro atoms. The molecule has 0 radical (unpaired) electrons. The molecule has 0 heterocycles. The lowest BCUT2D eigenvalue weighted by molar-refractivity contribution is -0.126. The number of ketones is 1. The minimum atomic E-state index is -1.47. The summed E-state index contributed by atoms with van der Waals surface area (Å²) in [6, 6.07) is 4.88. The summed E-state index contributed by atoms with van der Waals surface area (Å²) >= 11 is 12.6. The fourth-order valence-corrected chi connectivity index (χ4v) is 3.49. The van der Waals surface area contributed by atoms with Crippen molar-refractivity contribution in [2.24, 2.45) is 10.2 Å². The Balaban J connectivity index is 2.44. The Morgan fingerprint density at radius 2 is 1.51 bits per heavy atom. The molecule has 2 aromatic rings. The number of amides is 1. The molecule has 0 aliphatic rings. The normalized spacial score (nSPS) is 11.7. The molecule has 0 aromatic heterocycles. The SMILES string of the molecule is CCOc1cc(Cl)c(OCC)c(N=NC(C(C)=O)C(=O)Nc2c(OCC)ccc(Cl)c2OCC)c1. The highest BCUT2D eigenvalue weighted by molar-refractivity contribution is 6.33. The third kappa shape index (κ3) is 7.47. The van der Waals surface area contributed by atoms with E-state index in [1.807, 2.05) is 6.92 Å². The Labute approximate surface area is 214 Å². The van der Waals surface area contributed by atoms with Crippen molar-refractivity contribution in [2.45, 2.75) is 40.7 Å². The van der Waals surface area contributed by atoms with E-state index in [1.165, 1.54) is 6.92 Å². The molecule has 0 aliphatic heterocycles. The number of carbonyl (C=O) groups is 2. The molecule has 0 bridgehead atoms. The van der Waals surface area contributed by atoms with Crippen molar-refractivity contribution >= 4 is 46.3 Å². The molecule has 1 atom stereocenters. The van der Waals surface area contributed by atoms with Crippen LogP contribution in [0.15, 0.2) is 34.5 Å². The summed E-state index contributed by atoms with van der Waals surface area (Å²) in [4.78, 5) is 25.5. The van der Waals surface area contributed by atoms with Gasteiger partial charge in [-0.25, -0.2) is 0 Å². The van der Waals surface area contributed by atoms with Crippen LogP contribution in [-0.4, -0.2) is 44.2 Å². The van der Waals surface area contributed by atoms with Crippen molar-refractivity contribution in [2.75, 3.05) is 31.7 Å². The molecule has 11 heteroatoms. The van der Waals surface area contributed by atoms with Crippen LogP contribution >= 0.6 is 23.2 Å². The molecule has 2 rings (SSSR count). The Bertz CT molecular complexity index is 1080. The van der Waals surface area contributed by atoms with Crippen LogP contribution in [-0.2, 0) is 9.59 Å². The second-order valence-electron chi connectivity index (χ2n) is 6.95. The lowest BCUT2D eigenvalue weighted by Crippen LogP contribution is -2.32. The maximum Gasteiger partial charge on any atom is 0.259 e. The van der Waals surface area contributed by atoms with Gasteiger partial charge in [-0.15, -0.1) is 0 Å².